The van der Waals surface area contributed by atoms with Gasteiger partial charge in [0.2, 0.25) is 0 Å². The van der Waals surface area contributed by atoms with Crippen LogP contribution in [-0.4, -0.2) is 42.9 Å². The molecule has 27 heavy (non-hydrogen) atoms. The smallest absolute Gasteiger partial charge is 0.357 e. The van der Waals surface area contributed by atoms with E-state index in [1.807, 2.05) is 6.07 Å². The molecule has 0 N–H and O–H groups in total. The first-order valence-electron chi connectivity index (χ1n) is 9.79. The monoisotopic (exact) mass is 368 g/mol. The first kappa shape index (κ1) is 18.3. The number of hydrogen-bond donors (Lipinski definition) is 0. The van der Waals surface area contributed by atoms with E-state index in [0.29, 0.717) is 5.70 Å². The van der Waals surface area contributed by atoms with Crippen molar-refractivity contribution in [3.63, 3.8) is 0 Å². The van der Waals surface area contributed by atoms with Crippen molar-refractivity contribution in [2.24, 2.45) is 5.41 Å². The molecule has 1 aromatic carbocycles. The summed E-state index contributed by atoms with van der Waals surface area (Å²) in [6.45, 7) is 5.44. The van der Waals surface area contributed by atoms with Gasteiger partial charge in [-0.15, -0.1) is 0 Å². The lowest BCUT2D eigenvalue weighted by Crippen LogP contribution is -2.45. The molecule has 0 aliphatic carbocycles. The fourth-order valence-electron chi connectivity index (χ4n) is 5.07. The fourth-order valence-corrected chi connectivity index (χ4v) is 5.07. The van der Waals surface area contributed by atoms with Crippen molar-refractivity contribution in [2.75, 3.05) is 27.5 Å². The number of aromatic nitrogens is 1. The Labute approximate surface area is 160 Å². The highest BCUT2D eigenvalue weighted by molar-refractivity contribution is 6.13. The van der Waals surface area contributed by atoms with Gasteiger partial charge in [-0.3, -0.25) is 4.90 Å². The number of hydrogen-bond acceptors (Lipinski definition) is 4. The van der Waals surface area contributed by atoms with E-state index in [2.05, 4.69) is 54.6 Å². The van der Waals surface area contributed by atoms with Gasteiger partial charge in [0, 0.05) is 30.1 Å². The van der Waals surface area contributed by atoms with Crippen molar-refractivity contribution < 1.29 is 14.3 Å². The molecular formula is C22H28N2O3. The molecule has 0 radical (unpaired) electrons. The summed E-state index contributed by atoms with van der Waals surface area (Å²) < 4.78 is 12.5. The molecule has 2 aliphatic heterocycles. The molecule has 0 spiro atoms. The van der Waals surface area contributed by atoms with Gasteiger partial charge in [0.15, 0.2) is 6.79 Å². The maximum absolute atomic E-state index is 13.0. The van der Waals surface area contributed by atoms with Crippen LogP contribution in [0.15, 0.2) is 30.3 Å². The maximum atomic E-state index is 13.0. The number of carbonyl (C=O) groups excluding carboxylic acids is 1. The number of para-hydroxylation sites is 1. The second-order valence-electron chi connectivity index (χ2n) is 7.66. The molecule has 144 valence electrons. The SMILES string of the molecule is CCC1(CC)C=C(C(=O)OCOC)n2c3c(c4ccccc42)CCN(C)[C@H]31. The number of nitrogens with zero attached hydrogens (tertiary/aromatic N) is 2. The van der Waals surface area contributed by atoms with Gasteiger partial charge in [-0.05, 0) is 44.0 Å². The van der Waals surface area contributed by atoms with Crippen molar-refractivity contribution in [2.45, 2.75) is 39.2 Å². The zero-order valence-electron chi connectivity index (χ0n) is 16.6. The number of likely N-dealkylation sites (N-methyl/N-ethyl adjacent to an activating group) is 1. The first-order valence-corrected chi connectivity index (χ1v) is 9.79. The molecule has 1 aromatic heterocycles. The van der Waals surface area contributed by atoms with E-state index >= 15 is 0 Å². The van der Waals surface area contributed by atoms with E-state index < -0.39 is 0 Å². The second kappa shape index (κ2) is 6.80. The summed E-state index contributed by atoms with van der Waals surface area (Å²) in [6, 6.07) is 8.67. The average Bonchev–Trinajstić information content (AvgIpc) is 3.03. The molecule has 5 nitrogen and oxygen atoms in total. The Hall–Kier alpha value is -2.11. The van der Waals surface area contributed by atoms with Crippen molar-refractivity contribution in [3.8, 4) is 0 Å². The predicted molar refractivity (Wildman–Crippen MR) is 106 cm³/mol. The Bertz CT molecular complexity index is 908. The number of ether oxygens (including phenoxy) is 2. The molecule has 0 saturated heterocycles. The molecule has 0 unspecified atom stereocenters. The third kappa shape index (κ3) is 2.56. The summed E-state index contributed by atoms with van der Waals surface area (Å²) in [5, 5.41) is 1.25. The van der Waals surface area contributed by atoms with E-state index in [-0.39, 0.29) is 24.2 Å². The van der Waals surface area contributed by atoms with Crippen LogP contribution in [0.1, 0.15) is 44.0 Å². The lowest BCUT2D eigenvalue weighted by molar-refractivity contribution is -0.147. The summed E-state index contributed by atoms with van der Waals surface area (Å²) in [5.41, 5.74) is 4.27. The maximum Gasteiger partial charge on any atom is 0.357 e. The van der Waals surface area contributed by atoms with E-state index in [4.69, 9.17) is 9.47 Å². The zero-order chi connectivity index (χ0) is 19.2. The van der Waals surface area contributed by atoms with Crippen LogP contribution in [0.5, 0.6) is 0 Å². The van der Waals surface area contributed by atoms with E-state index in [0.717, 1.165) is 31.3 Å². The van der Waals surface area contributed by atoms with Gasteiger partial charge < -0.3 is 14.0 Å². The van der Waals surface area contributed by atoms with Crippen molar-refractivity contribution in [3.05, 3.63) is 41.6 Å². The van der Waals surface area contributed by atoms with Gasteiger partial charge in [0.05, 0.1) is 11.6 Å². The number of benzene rings is 1. The van der Waals surface area contributed by atoms with E-state index in [1.165, 1.54) is 23.8 Å². The summed E-state index contributed by atoms with van der Waals surface area (Å²) in [6.07, 6.45) is 5.11. The Balaban J connectivity index is 2.02. The van der Waals surface area contributed by atoms with Crippen LogP contribution >= 0.6 is 0 Å². The van der Waals surface area contributed by atoms with Crippen molar-refractivity contribution in [1.29, 1.82) is 0 Å². The van der Waals surface area contributed by atoms with Gasteiger partial charge in [-0.1, -0.05) is 32.0 Å². The summed E-state index contributed by atoms with van der Waals surface area (Å²) in [4.78, 5) is 15.4. The third-order valence-corrected chi connectivity index (χ3v) is 6.48. The van der Waals surface area contributed by atoms with Crippen LogP contribution in [0.25, 0.3) is 16.6 Å². The Kier molecular flexibility index (Phi) is 4.60. The van der Waals surface area contributed by atoms with Gasteiger partial charge in [0.1, 0.15) is 5.70 Å². The first-order chi connectivity index (χ1) is 13.1. The molecule has 2 aromatic rings. The lowest BCUT2D eigenvalue weighted by atomic mass is 9.69. The van der Waals surface area contributed by atoms with Crippen LogP contribution in [0.3, 0.4) is 0 Å². The molecule has 0 bridgehead atoms. The summed E-state index contributed by atoms with van der Waals surface area (Å²) in [5.74, 6) is -0.321. The van der Waals surface area contributed by atoms with Crippen LogP contribution in [-0.2, 0) is 20.7 Å². The Morgan fingerprint density at radius 2 is 2.00 bits per heavy atom. The normalized spacial score (nSPS) is 21.0. The standard InChI is InChI=1S/C22H28N2O3/c1-5-22(6-2)13-18(21(25)27-14-26-4)24-17-10-8-7-9-15(17)16-11-12-23(3)20(22)19(16)24/h7-10,13,20H,5-6,11-12,14H2,1-4H3/t20-/m1/s1. The number of esters is 1. The minimum atomic E-state index is -0.321. The molecule has 0 fully saturated rings. The molecule has 2 aliphatic rings. The van der Waals surface area contributed by atoms with Crippen LogP contribution < -0.4 is 0 Å². The minimum Gasteiger partial charge on any atom is -0.434 e. The highest BCUT2D eigenvalue weighted by atomic mass is 16.7. The zero-order valence-corrected chi connectivity index (χ0v) is 16.6. The Morgan fingerprint density at radius 1 is 1.26 bits per heavy atom. The Morgan fingerprint density at radius 3 is 2.70 bits per heavy atom. The number of methoxy groups -OCH3 is 1. The molecule has 5 heteroatoms. The quantitative estimate of drug-likeness (QED) is 0.591. The highest BCUT2D eigenvalue weighted by Crippen LogP contribution is 2.54. The van der Waals surface area contributed by atoms with Crippen molar-refractivity contribution >= 4 is 22.6 Å². The van der Waals surface area contributed by atoms with Crippen molar-refractivity contribution in [1.82, 2.24) is 9.47 Å². The molecule has 0 amide bonds. The highest BCUT2D eigenvalue weighted by Gasteiger charge is 2.47. The summed E-state index contributed by atoms with van der Waals surface area (Å²) >= 11 is 0. The van der Waals surface area contributed by atoms with E-state index in [9.17, 15) is 4.79 Å². The second-order valence-corrected chi connectivity index (χ2v) is 7.66. The van der Waals surface area contributed by atoms with Gasteiger partial charge in [-0.25, -0.2) is 4.79 Å². The van der Waals surface area contributed by atoms with E-state index in [1.54, 1.807) is 0 Å². The molecule has 1 atom stereocenters. The van der Waals surface area contributed by atoms with Crippen LogP contribution in [0.4, 0.5) is 0 Å². The molecule has 0 saturated carbocycles. The largest absolute Gasteiger partial charge is 0.434 e. The molecular weight excluding hydrogens is 340 g/mol. The number of rotatable bonds is 5. The number of carbonyl (C=O) groups is 1. The molecule has 4 rings (SSSR count). The lowest BCUT2D eigenvalue weighted by Gasteiger charge is -2.48. The summed E-state index contributed by atoms with van der Waals surface area (Å²) in [7, 11) is 3.74. The van der Waals surface area contributed by atoms with Gasteiger partial charge in [-0.2, -0.15) is 0 Å². The van der Waals surface area contributed by atoms with Crippen LogP contribution in [0.2, 0.25) is 0 Å². The predicted octanol–water partition coefficient (Wildman–Crippen LogP) is 3.98. The van der Waals surface area contributed by atoms with Crippen LogP contribution in [0, 0.1) is 5.41 Å². The molecule has 3 heterocycles. The van der Waals surface area contributed by atoms with Gasteiger partial charge in [0.25, 0.3) is 0 Å². The van der Waals surface area contributed by atoms with Gasteiger partial charge >= 0.3 is 5.97 Å². The number of fused-ring (bicyclic) bond motifs is 3. The fraction of sp³-hybridized carbons (Fsp3) is 0.500. The third-order valence-electron chi connectivity index (χ3n) is 6.48. The topological polar surface area (TPSA) is 43.7 Å². The minimum absolute atomic E-state index is 0.0356. The average molecular weight is 368 g/mol.